The van der Waals surface area contributed by atoms with Gasteiger partial charge in [0.15, 0.2) is 0 Å². The van der Waals surface area contributed by atoms with Crippen LogP contribution in [0, 0.1) is 5.92 Å². The second-order valence-corrected chi connectivity index (χ2v) is 6.01. The molecule has 0 bridgehead atoms. The summed E-state index contributed by atoms with van der Waals surface area (Å²) in [5, 5.41) is 0. The third kappa shape index (κ3) is 3.94. The molecule has 3 nitrogen and oxygen atoms in total. The molecule has 0 aromatic carbocycles. The molecular formula is C14H31N3. The summed E-state index contributed by atoms with van der Waals surface area (Å²) in [5.74, 6) is 0.703. The topological polar surface area (TPSA) is 32.5 Å². The molecule has 1 atom stereocenters. The van der Waals surface area contributed by atoms with Crippen molar-refractivity contribution in [2.24, 2.45) is 11.7 Å². The Bertz CT molecular complexity index is 208. The molecular weight excluding hydrogens is 210 g/mol. The van der Waals surface area contributed by atoms with Gasteiger partial charge >= 0.3 is 0 Å². The van der Waals surface area contributed by atoms with Crippen molar-refractivity contribution in [2.45, 2.75) is 44.6 Å². The van der Waals surface area contributed by atoms with Gasteiger partial charge in [0.1, 0.15) is 0 Å². The molecule has 1 aliphatic rings. The van der Waals surface area contributed by atoms with Crippen LogP contribution < -0.4 is 5.73 Å². The Hall–Kier alpha value is -0.120. The number of rotatable bonds is 8. The zero-order valence-corrected chi connectivity index (χ0v) is 12.2. The minimum Gasteiger partial charge on any atom is -0.330 e. The number of hydrogen-bond acceptors (Lipinski definition) is 3. The van der Waals surface area contributed by atoms with Crippen LogP contribution in [0.15, 0.2) is 0 Å². The van der Waals surface area contributed by atoms with Crippen LogP contribution in [0.5, 0.6) is 0 Å². The number of hydrogen-bond donors (Lipinski definition) is 1. The van der Waals surface area contributed by atoms with E-state index < -0.39 is 0 Å². The molecule has 102 valence electrons. The Morgan fingerprint density at radius 2 is 1.88 bits per heavy atom. The fraction of sp³-hybridized carbons (Fsp3) is 1.00. The number of likely N-dealkylation sites (N-methyl/N-ethyl adjacent to an activating group) is 2. The number of nitrogens with two attached hydrogens (primary N) is 1. The van der Waals surface area contributed by atoms with E-state index in [1.54, 1.807) is 0 Å². The lowest BCUT2D eigenvalue weighted by Crippen LogP contribution is -2.56. The van der Waals surface area contributed by atoms with Gasteiger partial charge in [-0.05, 0) is 65.8 Å². The summed E-state index contributed by atoms with van der Waals surface area (Å²) in [5.41, 5.74) is 6.21. The first kappa shape index (κ1) is 14.9. The van der Waals surface area contributed by atoms with E-state index in [9.17, 15) is 0 Å². The van der Waals surface area contributed by atoms with Crippen molar-refractivity contribution in [3.8, 4) is 0 Å². The van der Waals surface area contributed by atoms with E-state index in [-0.39, 0.29) is 0 Å². The Morgan fingerprint density at radius 3 is 2.24 bits per heavy atom. The Labute approximate surface area is 107 Å². The van der Waals surface area contributed by atoms with E-state index in [0.29, 0.717) is 11.5 Å². The van der Waals surface area contributed by atoms with Crippen LogP contribution in [0.2, 0.25) is 0 Å². The summed E-state index contributed by atoms with van der Waals surface area (Å²) in [4.78, 5) is 4.92. The van der Waals surface area contributed by atoms with Crippen molar-refractivity contribution in [1.29, 1.82) is 0 Å². The Balaban J connectivity index is 2.31. The molecule has 1 aliphatic carbocycles. The summed E-state index contributed by atoms with van der Waals surface area (Å²) in [6.45, 7) is 5.47. The summed E-state index contributed by atoms with van der Waals surface area (Å²) < 4.78 is 0. The lowest BCUT2D eigenvalue weighted by molar-refractivity contribution is 0.0266. The van der Waals surface area contributed by atoms with Crippen molar-refractivity contribution in [3.05, 3.63) is 0 Å². The van der Waals surface area contributed by atoms with E-state index in [1.807, 2.05) is 0 Å². The third-order valence-electron chi connectivity index (χ3n) is 4.63. The average molecular weight is 241 g/mol. The monoisotopic (exact) mass is 241 g/mol. The highest BCUT2D eigenvalue weighted by Crippen LogP contribution is 2.36. The van der Waals surface area contributed by atoms with Gasteiger partial charge in [0.25, 0.3) is 0 Å². The Kier molecular flexibility index (Phi) is 5.90. The molecule has 1 rings (SSSR count). The van der Waals surface area contributed by atoms with Crippen LogP contribution in [0.1, 0.15) is 39.0 Å². The summed E-state index contributed by atoms with van der Waals surface area (Å²) >= 11 is 0. The standard InChI is InChI=1S/C14H31N3/c1-5-13(11-15)7-10-17(4)12-14(16(2)3)8-6-9-14/h13H,5-12,15H2,1-4H3. The van der Waals surface area contributed by atoms with Gasteiger partial charge in [0.2, 0.25) is 0 Å². The van der Waals surface area contributed by atoms with Gasteiger partial charge in [-0.1, -0.05) is 13.3 Å². The van der Waals surface area contributed by atoms with Crippen LogP contribution in [-0.2, 0) is 0 Å². The lowest BCUT2D eigenvalue weighted by Gasteiger charge is -2.49. The van der Waals surface area contributed by atoms with E-state index in [4.69, 9.17) is 5.73 Å². The molecule has 0 saturated heterocycles. The third-order valence-corrected chi connectivity index (χ3v) is 4.63. The molecule has 1 fully saturated rings. The molecule has 2 N–H and O–H groups in total. The van der Waals surface area contributed by atoms with Crippen LogP contribution >= 0.6 is 0 Å². The van der Waals surface area contributed by atoms with Crippen LogP contribution in [0.25, 0.3) is 0 Å². The summed E-state index contributed by atoms with van der Waals surface area (Å²) in [6, 6.07) is 0. The molecule has 0 spiro atoms. The van der Waals surface area contributed by atoms with Crippen molar-refractivity contribution in [2.75, 3.05) is 40.8 Å². The van der Waals surface area contributed by atoms with E-state index in [0.717, 1.165) is 6.54 Å². The van der Waals surface area contributed by atoms with Crippen molar-refractivity contribution in [3.63, 3.8) is 0 Å². The van der Waals surface area contributed by atoms with E-state index >= 15 is 0 Å². The molecule has 0 aliphatic heterocycles. The highest BCUT2D eigenvalue weighted by atomic mass is 15.2. The summed E-state index contributed by atoms with van der Waals surface area (Å²) in [6.07, 6.45) is 6.57. The molecule has 3 heteroatoms. The fourth-order valence-corrected chi connectivity index (χ4v) is 2.80. The molecule has 0 amide bonds. The molecule has 1 saturated carbocycles. The van der Waals surface area contributed by atoms with Gasteiger partial charge in [-0.2, -0.15) is 0 Å². The molecule has 0 aromatic heterocycles. The van der Waals surface area contributed by atoms with E-state index in [2.05, 4.69) is 37.9 Å². The fourth-order valence-electron chi connectivity index (χ4n) is 2.80. The Morgan fingerprint density at radius 1 is 1.24 bits per heavy atom. The first-order valence-electron chi connectivity index (χ1n) is 7.10. The molecule has 0 heterocycles. The van der Waals surface area contributed by atoms with Crippen molar-refractivity contribution >= 4 is 0 Å². The van der Waals surface area contributed by atoms with Gasteiger partial charge in [-0.3, -0.25) is 0 Å². The van der Waals surface area contributed by atoms with Gasteiger partial charge in [0.05, 0.1) is 0 Å². The zero-order chi connectivity index (χ0) is 12.9. The molecule has 0 aromatic rings. The first-order valence-corrected chi connectivity index (χ1v) is 7.10. The maximum Gasteiger partial charge on any atom is 0.0330 e. The van der Waals surface area contributed by atoms with Crippen LogP contribution in [0.4, 0.5) is 0 Å². The predicted octanol–water partition coefficient (Wildman–Crippen LogP) is 1.78. The van der Waals surface area contributed by atoms with Gasteiger partial charge in [-0.15, -0.1) is 0 Å². The molecule has 17 heavy (non-hydrogen) atoms. The smallest absolute Gasteiger partial charge is 0.0330 e. The maximum atomic E-state index is 5.76. The minimum atomic E-state index is 0.458. The molecule has 0 radical (unpaired) electrons. The normalized spacial score (nSPS) is 20.6. The zero-order valence-electron chi connectivity index (χ0n) is 12.2. The number of nitrogens with zero attached hydrogens (tertiary/aromatic N) is 2. The van der Waals surface area contributed by atoms with Crippen LogP contribution in [0.3, 0.4) is 0 Å². The van der Waals surface area contributed by atoms with Crippen molar-refractivity contribution < 1.29 is 0 Å². The largest absolute Gasteiger partial charge is 0.330 e. The second-order valence-electron chi connectivity index (χ2n) is 6.01. The van der Waals surface area contributed by atoms with Gasteiger partial charge in [0, 0.05) is 12.1 Å². The summed E-state index contributed by atoms with van der Waals surface area (Å²) in [7, 11) is 6.70. The predicted molar refractivity (Wildman–Crippen MR) is 75.2 cm³/mol. The second kappa shape index (κ2) is 6.72. The lowest BCUT2D eigenvalue weighted by atomic mass is 9.75. The van der Waals surface area contributed by atoms with Crippen molar-refractivity contribution in [1.82, 2.24) is 9.80 Å². The highest BCUT2D eigenvalue weighted by Gasteiger charge is 2.39. The van der Waals surface area contributed by atoms with Crippen LogP contribution in [-0.4, -0.2) is 56.1 Å². The highest BCUT2D eigenvalue weighted by molar-refractivity contribution is 4.97. The van der Waals surface area contributed by atoms with Gasteiger partial charge < -0.3 is 15.5 Å². The average Bonchev–Trinajstić information content (AvgIpc) is 2.24. The maximum absolute atomic E-state index is 5.76. The quantitative estimate of drug-likeness (QED) is 0.703. The minimum absolute atomic E-state index is 0.458. The SMILES string of the molecule is CCC(CN)CCN(C)CC1(N(C)C)CCC1. The first-order chi connectivity index (χ1) is 8.04. The van der Waals surface area contributed by atoms with E-state index in [1.165, 1.54) is 45.2 Å². The molecule has 1 unspecified atom stereocenters. The van der Waals surface area contributed by atoms with Gasteiger partial charge in [-0.25, -0.2) is 0 Å².